The first kappa shape index (κ1) is 13.7. The molecule has 3 saturated heterocycles. The Morgan fingerprint density at radius 2 is 2.04 bits per heavy atom. The summed E-state index contributed by atoms with van der Waals surface area (Å²) in [4.78, 5) is 17.6. The summed E-state index contributed by atoms with van der Waals surface area (Å²) in [6.45, 7) is 0.925. The van der Waals surface area contributed by atoms with Gasteiger partial charge in [-0.25, -0.2) is 4.79 Å². The molecule has 3 aliphatic heterocycles. The van der Waals surface area contributed by atoms with Gasteiger partial charge in [0.05, 0.1) is 18.7 Å². The number of carbonyl (C=O) groups is 1. The van der Waals surface area contributed by atoms with Crippen molar-refractivity contribution in [2.45, 2.75) is 56.1 Å². The number of fused-ring (bicyclic) bond motifs is 5. The molecule has 0 unspecified atom stereocenters. The van der Waals surface area contributed by atoms with E-state index < -0.39 is 0 Å². The van der Waals surface area contributed by atoms with Crippen LogP contribution in [0.5, 0.6) is 5.75 Å². The first-order chi connectivity index (χ1) is 11.3. The Hall–Kier alpha value is -1.71. The zero-order valence-electron chi connectivity index (χ0n) is 13.7. The van der Waals surface area contributed by atoms with Crippen molar-refractivity contribution in [1.29, 1.82) is 0 Å². The SMILES string of the molecule is COc1ccccc1[C@@]12C[C@H]3CCC[C@H]3N1C(=O)N1CCC[C@@H]12. The van der Waals surface area contributed by atoms with Gasteiger partial charge in [-0.3, -0.25) is 0 Å². The van der Waals surface area contributed by atoms with Crippen LogP contribution in [-0.4, -0.2) is 41.6 Å². The molecule has 4 fully saturated rings. The lowest BCUT2D eigenvalue weighted by Gasteiger charge is -2.38. The molecule has 4 heteroatoms. The third-order valence-corrected chi connectivity index (χ3v) is 6.78. The Labute approximate surface area is 137 Å². The van der Waals surface area contributed by atoms with Gasteiger partial charge in [0.15, 0.2) is 0 Å². The first-order valence-corrected chi connectivity index (χ1v) is 9.01. The van der Waals surface area contributed by atoms with E-state index in [2.05, 4.69) is 28.0 Å². The number of amides is 2. The summed E-state index contributed by atoms with van der Waals surface area (Å²) in [7, 11) is 1.75. The molecule has 0 bridgehead atoms. The van der Waals surface area contributed by atoms with Crippen LogP contribution in [0.15, 0.2) is 24.3 Å². The summed E-state index contributed by atoms with van der Waals surface area (Å²) in [5.41, 5.74) is 1.08. The molecule has 23 heavy (non-hydrogen) atoms. The molecule has 0 aromatic heterocycles. The van der Waals surface area contributed by atoms with Gasteiger partial charge in [0.2, 0.25) is 0 Å². The highest BCUT2D eigenvalue weighted by Crippen LogP contribution is 2.60. The fraction of sp³-hybridized carbons (Fsp3) is 0.632. The number of urea groups is 1. The average molecular weight is 312 g/mol. The van der Waals surface area contributed by atoms with Crippen molar-refractivity contribution in [3.05, 3.63) is 29.8 Å². The minimum Gasteiger partial charge on any atom is -0.496 e. The van der Waals surface area contributed by atoms with Crippen molar-refractivity contribution in [3.63, 3.8) is 0 Å². The van der Waals surface area contributed by atoms with E-state index in [9.17, 15) is 4.79 Å². The number of nitrogens with zero attached hydrogens (tertiary/aromatic N) is 2. The van der Waals surface area contributed by atoms with Crippen LogP contribution in [0.1, 0.15) is 44.1 Å². The summed E-state index contributed by atoms with van der Waals surface area (Å²) in [5.74, 6) is 1.62. The molecule has 1 aromatic rings. The third-order valence-electron chi connectivity index (χ3n) is 6.78. The Bertz CT molecular complexity index is 661. The summed E-state index contributed by atoms with van der Waals surface area (Å²) < 4.78 is 5.71. The fourth-order valence-corrected chi connectivity index (χ4v) is 6.05. The van der Waals surface area contributed by atoms with Gasteiger partial charge in [-0.2, -0.15) is 0 Å². The molecule has 1 aliphatic carbocycles. The third kappa shape index (κ3) is 1.54. The maximum Gasteiger partial charge on any atom is 0.321 e. The van der Waals surface area contributed by atoms with Crippen LogP contribution in [0.4, 0.5) is 4.79 Å². The lowest BCUT2D eigenvalue weighted by atomic mass is 9.78. The number of benzene rings is 1. The number of carbonyl (C=O) groups excluding carboxylic acids is 1. The lowest BCUT2D eigenvalue weighted by molar-refractivity contribution is 0.141. The number of hydrogen-bond acceptors (Lipinski definition) is 2. The lowest BCUT2D eigenvalue weighted by Crippen LogP contribution is -2.46. The molecule has 5 rings (SSSR count). The van der Waals surface area contributed by atoms with Gasteiger partial charge < -0.3 is 14.5 Å². The van der Waals surface area contributed by atoms with Crippen molar-refractivity contribution in [2.75, 3.05) is 13.7 Å². The summed E-state index contributed by atoms with van der Waals surface area (Å²) in [6, 6.07) is 9.44. The molecular weight excluding hydrogens is 288 g/mol. The van der Waals surface area contributed by atoms with Crippen molar-refractivity contribution in [1.82, 2.24) is 9.80 Å². The van der Waals surface area contributed by atoms with Gasteiger partial charge in [0.1, 0.15) is 5.75 Å². The van der Waals surface area contributed by atoms with Gasteiger partial charge in [-0.15, -0.1) is 0 Å². The van der Waals surface area contributed by atoms with Gasteiger partial charge in [-0.1, -0.05) is 24.6 Å². The number of hydrogen-bond donors (Lipinski definition) is 0. The zero-order chi connectivity index (χ0) is 15.6. The van der Waals surface area contributed by atoms with E-state index in [4.69, 9.17) is 4.74 Å². The van der Waals surface area contributed by atoms with Crippen LogP contribution in [0.3, 0.4) is 0 Å². The van der Waals surface area contributed by atoms with Crippen LogP contribution in [0.25, 0.3) is 0 Å². The Kier molecular flexibility index (Phi) is 2.77. The molecule has 122 valence electrons. The molecule has 0 N–H and O–H groups in total. The van der Waals surface area contributed by atoms with Crippen LogP contribution in [-0.2, 0) is 5.54 Å². The minimum atomic E-state index is -0.157. The highest BCUT2D eigenvalue weighted by molar-refractivity contribution is 5.81. The first-order valence-electron chi connectivity index (χ1n) is 9.01. The van der Waals surface area contributed by atoms with Gasteiger partial charge in [0, 0.05) is 18.2 Å². The quantitative estimate of drug-likeness (QED) is 0.839. The summed E-state index contributed by atoms with van der Waals surface area (Å²) >= 11 is 0. The molecule has 0 spiro atoms. The van der Waals surface area contributed by atoms with E-state index in [0.717, 1.165) is 31.6 Å². The van der Waals surface area contributed by atoms with Crippen molar-refractivity contribution < 1.29 is 9.53 Å². The van der Waals surface area contributed by atoms with Crippen molar-refractivity contribution in [3.8, 4) is 5.75 Å². The predicted molar refractivity (Wildman–Crippen MR) is 87.4 cm³/mol. The summed E-state index contributed by atoms with van der Waals surface area (Å²) in [5, 5.41) is 0. The van der Waals surface area contributed by atoms with Crippen molar-refractivity contribution in [2.24, 2.45) is 5.92 Å². The maximum absolute atomic E-state index is 13.2. The number of rotatable bonds is 2. The predicted octanol–water partition coefficient (Wildman–Crippen LogP) is 3.36. The second-order valence-corrected chi connectivity index (χ2v) is 7.59. The average Bonchev–Trinajstić information content (AvgIpc) is 3.29. The van der Waals surface area contributed by atoms with Crippen LogP contribution in [0, 0.1) is 5.92 Å². The van der Waals surface area contributed by atoms with Gasteiger partial charge in [0.25, 0.3) is 0 Å². The molecular formula is C19H24N2O2. The minimum absolute atomic E-state index is 0.157. The van der Waals surface area contributed by atoms with E-state index in [0.29, 0.717) is 18.0 Å². The topological polar surface area (TPSA) is 32.8 Å². The Balaban J connectivity index is 1.72. The Morgan fingerprint density at radius 3 is 2.91 bits per heavy atom. The van der Waals surface area contributed by atoms with Crippen LogP contribution >= 0.6 is 0 Å². The zero-order valence-corrected chi connectivity index (χ0v) is 13.7. The normalized spacial score (nSPS) is 38.0. The van der Waals surface area contributed by atoms with Gasteiger partial charge in [-0.05, 0) is 44.1 Å². The standard InChI is InChI=1S/C19H24N2O2/c1-23-16-9-3-2-7-14(16)19-12-13-6-4-8-15(13)21(19)18(22)20-11-5-10-17(19)20/h2-3,7,9,13,15,17H,4-6,8,10-12H2,1H3/t13-,15-,17-,19-/m1/s1. The largest absolute Gasteiger partial charge is 0.496 e. The highest BCUT2D eigenvalue weighted by atomic mass is 16.5. The molecule has 1 saturated carbocycles. The molecule has 1 aromatic carbocycles. The second-order valence-electron chi connectivity index (χ2n) is 7.59. The molecule has 4 atom stereocenters. The monoisotopic (exact) mass is 312 g/mol. The smallest absolute Gasteiger partial charge is 0.321 e. The van der Waals surface area contributed by atoms with E-state index >= 15 is 0 Å². The molecule has 0 radical (unpaired) electrons. The highest BCUT2D eigenvalue weighted by Gasteiger charge is 2.67. The number of para-hydroxylation sites is 1. The van der Waals surface area contributed by atoms with Gasteiger partial charge >= 0.3 is 6.03 Å². The number of methoxy groups -OCH3 is 1. The fourth-order valence-electron chi connectivity index (χ4n) is 6.05. The molecule has 4 aliphatic rings. The van der Waals surface area contributed by atoms with E-state index in [1.165, 1.54) is 24.8 Å². The molecule has 4 nitrogen and oxygen atoms in total. The molecule has 2 amide bonds. The number of ether oxygens (including phenoxy) is 1. The van der Waals surface area contributed by atoms with E-state index in [1.807, 2.05) is 6.07 Å². The maximum atomic E-state index is 13.2. The van der Waals surface area contributed by atoms with E-state index in [1.54, 1.807) is 7.11 Å². The second kappa shape index (κ2) is 4.65. The Morgan fingerprint density at radius 1 is 1.17 bits per heavy atom. The van der Waals surface area contributed by atoms with E-state index in [-0.39, 0.29) is 11.6 Å². The molecule has 3 heterocycles. The summed E-state index contributed by atoms with van der Waals surface area (Å²) in [6.07, 6.45) is 7.10. The van der Waals surface area contributed by atoms with Crippen LogP contribution < -0.4 is 4.74 Å². The van der Waals surface area contributed by atoms with Crippen LogP contribution in [0.2, 0.25) is 0 Å². The van der Waals surface area contributed by atoms with Crippen molar-refractivity contribution >= 4 is 6.03 Å².